The number of nitrogens with one attached hydrogen (secondary N) is 2. The lowest BCUT2D eigenvalue weighted by Crippen LogP contribution is -2.27. The van der Waals surface area contributed by atoms with Crippen molar-refractivity contribution >= 4 is 0 Å². The van der Waals surface area contributed by atoms with Crippen LogP contribution in [0.3, 0.4) is 0 Å². The fourth-order valence-corrected chi connectivity index (χ4v) is 2.61. The lowest BCUT2D eigenvalue weighted by atomic mass is 9.98. The van der Waals surface area contributed by atoms with Gasteiger partial charge in [0.25, 0.3) is 0 Å². The second-order valence-corrected chi connectivity index (χ2v) is 5.24. The minimum absolute atomic E-state index is 0.470. The van der Waals surface area contributed by atoms with Crippen molar-refractivity contribution in [3.8, 4) is 11.5 Å². The molecule has 100 valence electrons. The molecule has 0 atom stereocenters. The van der Waals surface area contributed by atoms with Gasteiger partial charge in [-0.2, -0.15) is 5.10 Å². The van der Waals surface area contributed by atoms with E-state index in [4.69, 9.17) is 0 Å². The van der Waals surface area contributed by atoms with Gasteiger partial charge in [-0.25, -0.2) is 9.97 Å². The summed E-state index contributed by atoms with van der Waals surface area (Å²) in [5.41, 5.74) is 3.09. The smallest absolute Gasteiger partial charge is 0.174 e. The summed E-state index contributed by atoms with van der Waals surface area (Å²) < 4.78 is 0. The van der Waals surface area contributed by atoms with Crippen molar-refractivity contribution in [1.82, 2.24) is 25.5 Å². The Morgan fingerprint density at radius 2 is 1.89 bits per heavy atom. The van der Waals surface area contributed by atoms with E-state index < -0.39 is 0 Å². The molecule has 0 unspecified atom stereocenters. The molecule has 0 bridgehead atoms. The molecule has 1 aliphatic rings. The van der Waals surface area contributed by atoms with Crippen LogP contribution in [0.1, 0.15) is 35.8 Å². The molecule has 0 aliphatic carbocycles. The van der Waals surface area contributed by atoms with Gasteiger partial charge < -0.3 is 5.32 Å². The van der Waals surface area contributed by atoms with Gasteiger partial charge in [0.15, 0.2) is 11.6 Å². The Labute approximate surface area is 112 Å². The van der Waals surface area contributed by atoms with Crippen LogP contribution in [0.5, 0.6) is 0 Å². The summed E-state index contributed by atoms with van der Waals surface area (Å²) in [6.45, 7) is 6.18. The number of aryl methyl sites for hydroxylation is 2. The number of nitrogens with zero attached hydrogens (tertiary/aromatic N) is 3. The van der Waals surface area contributed by atoms with Gasteiger partial charge in [0.1, 0.15) is 5.69 Å². The van der Waals surface area contributed by atoms with Crippen molar-refractivity contribution in [3.63, 3.8) is 0 Å². The van der Waals surface area contributed by atoms with Crippen LogP contribution in [-0.4, -0.2) is 33.3 Å². The Kier molecular flexibility index (Phi) is 3.29. The lowest BCUT2D eigenvalue weighted by molar-refractivity contribution is 0.446. The first-order valence-corrected chi connectivity index (χ1v) is 6.81. The molecule has 1 saturated heterocycles. The zero-order valence-electron chi connectivity index (χ0n) is 11.4. The Morgan fingerprint density at radius 1 is 1.11 bits per heavy atom. The molecule has 0 saturated carbocycles. The third kappa shape index (κ3) is 2.66. The van der Waals surface area contributed by atoms with E-state index in [9.17, 15) is 0 Å². The van der Waals surface area contributed by atoms with E-state index in [1.54, 1.807) is 0 Å². The van der Waals surface area contributed by atoms with E-state index in [1.165, 1.54) is 5.56 Å². The molecule has 5 nitrogen and oxygen atoms in total. The quantitative estimate of drug-likeness (QED) is 0.863. The maximum atomic E-state index is 4.63. The van der Waals surface area contributed by atoms with Gasteiger partial charge in [0.2, 0.25) is 0 Å². The average Bonchev–Trinajstić information content (AvgIpc) is 2.88. The van der Waals surface area contributed by atoms with Crippen molar-refractivity contribution in [1.29, 1.82) is 0 Å². The predicted octanol–water partition coefficient (Wildman–Crippen LogP) is 1.95. The molecular weight excluding hydrogens is 238 g/mol. The zero-order chi connectivity index (χ0) is 13.2. The first kappa shape index (κ1) is 12.3. The van der Waals surface area contributed by atoms with Gasteiger partial charge >= 0.3 is 0 Å². The van der Waals surface area contributed by atoms with Crippen LogP contribution in [0.4, 0.5) is 0 Å². The van der Waals surface area contributed by atoms with Crippen LogP contribution < -0.4 is 5.32 Å². The number of pyridine rings is 1. The zero-order valence-corrected chi connectivity index (χ0v) is 11.4. The van der Waals surface area contributed by atoms with E-state index in [1.807, 2.05) is 13.0 Å². The van der Waals surface area contributed by atoms with Gasteiger partial charge in [0.05, 0.1) is 0 Å². The Bertz CT molecular complexity index is 549. The van der Waals surface area contributed by atoms with Crippen LogP contribution in [0.2, 0.25) is 0 Å². The van der Waals surface area contributed by atoms with Crippen LogP contribution in [0.25, 0.3) is 11.5 Å². The molecule has 1 fully saturated rings. The molecule has 0 radical (unpaired) electrons. The lowest BCUT2D eigenvalue weighted by Gasteiger charge is -2.19. The van der Waals surface area contributed by atoms with Gasteiger partial charge in [-0.15, -0.1) is 0 Å². The highest BCUT2D eigenvalue weighted by molar-refractivity contribution is 5.50. The summed E-state index contributed by atoms with van der Waals surface area (Å²) in [6.07, 6.45) is 2.22. The van der Waals surface area contributed by atoms with Crippen molar-refractivity contribution in [2.24, 2.45) is 0 Å². The van der Waals surface area contributed by atoms with E-state index >= 15 is 0 Å². The van der Waals surface area contributed by atoms with E-state index in [0.29, 0.717) is 5.92 Å². The number of aromatic nitrogens is 4. The Hall–Kier alpha value is -1.75. The van der Waals surface area contributed by atoms with Gasteiger partial charge in [-0.1, -0.05) is 0 Å². The van der Waals surface area contributed by atoms with Gasteiger partial charge in [-0.05, 0) is 57.5 Å². The highest BCUT2D eigenvalue weighted by Gasteiger charge is 2.20. The molecule has 2 N–H and O–H groups in total. The van der Waals surface area contributed by atoms with Crippen molar-refractivity contribution < 1.29 is 0 Å². The van der Waals surface area contributed by atoms with Crippen molar-refractivity contribution in [3.05, 3.63) is 29.2 Å². The number of H-pyrrole nitrogens is 1. The minimum Gasteiger partial charge on any atom is -0.317 e. The third-order valence-corrected chi connectivity index (χ3v) is 3.55. The summed E-state index contributed by atoms with van der Waals surface area (Å²) in [5.74, 6) is 2.18. The highest BCUT2D eigenvalue weighted by atomic mass is 15.2. The first-order valence-electron chi connectivity index (χ1n) is 6.81. The van der Waals surface area contributed by atoms with Gasteiger partial charge in [-0.3, -0.25) is 5.10 Å². The van der Waals surface area contributed by atoms with Crippen LogP contribution in [-0.2, 0) is 0 Å². The fourth-order valence-electron chi connectivity index (χ4n) is 2.61. The fraction of sp³-hybridized carbons (Fsp3) is 0.500. The number of hydrogen-bond donors (Lipinski definition) is 2. The number of piperidine rings is 1. The highest BCUT2D eigenvalue weighted by Crippen LogP contribution is 2.24. The van der Waals surface area contributed by atoms with Gasteiger partial charge in [0, 0.05) is 11.6 Å². The van der Waals surface area contributed by atoms with E-state index in [-0.39, 0.29) is 0 Å². The molecule has 2 aromatic heterocycles. The Morgan fingerprint density at radius 3 is 2.63 bits per heavy atom. The van der Waals surface area contributed by atoms with Crippen LogP contribution in [0.15, 0.2) is 12.1 Å². The van der Waals surface area contributed by atoms with Crippen molar-refractivity contribution in [2.45, 2.75) is 32.6 Å². The predicted molar refractivity (Wildman–Crippen MR) is 73.9 cm³/mol. The topological polar surface area (TPSA) is 66.5 Å². The maximum absolute atomic E-state index is 4.63. The summed E-state index contributed by atoms with van der Waals surface area (Å²) in [5, 5.41) is 10.8. The molecule has 1 aliphatic heterocycles. The summed E-state index contributed by atoms with van der Waals surface area (Å²) in [7, 11) is 0. The third-order valence-electron chi connectivity index (χ3n) is 3.55. The monoisotopic (exact) mass is 257 g/mol. The minimum atomic E-state index is 0.470. The van der Waals surface area contributed by atoms with Crippen molar-refractivity contribution in [2.75, 3.05) is 13.1 Å². The standard InChI is InChI=1S/C14H19N5/c1-9-7-10(2)16-12(8-9)14-17-13(18-19-14)11-3-5-15-6-4-11/h7-8,11,15H,3-6H2,1-2H3,(H,17,18,19). The van der Waals surface area contributed by atoms with Crippen LogP contribution in [0, 0.1) is 13.8 Å². The normalized spacial score (nSPS) is 16.7. The first-order chi connectivity index (χ1) is 9.22. The summed E-state index contributed by atoms with van der Waals surface area (Å²) in [4.78, 5) is 9.15. The molecule has 0 spiro atoms. The molecule has 2 aromatic rings. The molecule has 0 aromatic carbocycles. The maximum Gasteiger partial charge on any atom is 0.174 e. The summed E-state index contributed by atoms with van der Waals surface area (Å²) in [6, 6.07) is 4.10. The average molecular weight is 257 g/mol. The Balaban J connectivity index is 1.87. The van der Waals surface area contributed by atoms with E-state index in [0.717, 1.165) is 49.0 Å². The SMILES string of the molecule is Cc1cc(C)nc(-c2nc(C3CCNCC3)n[nH]2)c1. The van der Waals surface area contributed by atoms with Crippen LogP contribution >= 0.6 is 0 Å². The summed E-state index contributed by atoms with van der Waals surface area (Å²) >= 11 is 0. The molecule has 19 heavy (non-hydrogen) atoms. The molecule has 3 heterocycles. The second-order valence-electron chi connectivity index (χ2n) is 5.24. The number of hydrogen-bond acceptors (Lipinski definition) is 4. The van der Waals surface area contributed by atoms with E-state index in [2.05, 4.69) is 38.5 Å². The molecule has 0 amide bonds. The largest absolute Gasteiger partial charge is 0.317 e. The second kappa shape index (κ2) is 5.09. The molecule has 5 heteroatoms. The number of rotatable bonds is 2. The molecular formula is C14H19N5. The number of aromatic amines is 1. The molecule has 3 rings (SSSR count).